The fourth-order valence-electron chi connectivity index (χ4n) is 2.16. The van der Waals surface area contributed by atoms with Crippen LogP contribution in [-0.4, -0.2) is 25.9 Å². The van der Waals surface area contributed by atoms with Gasteiger partial charge in [0, 0.05) is 5.92 Å². The SMILES string of the molecule is C[C@@H](Sc1nnc(C2CC2)n1Cc1ccccc1)C(N)=O. The van der Waals surface area contributed by atoms with Crippen LogP contribution in [0.5, 0.6) is 0 Å². The molecule has 1 saturated carbocycles. The molecule has 1 fully saturated rings. The summed E-state index contributed by atoms with van der Waals surface area (Å²) in [5.41, 5.74) is 6.55. The number of thioether (sulfide) groups is 1. The highest BCUT2D eigenvalue weighted by Gasteiger charge is 2.31. The van der Waals surface area contributed by atoms with E-state index in [1.165, 1.54) is 30.2 Å². The van der Waals surface area contributed by atoms with Crippen molar-refractivity contribution in [2.45, 2.75) is 42.6 Å². The molecule has 6 heteroatoms. The maximum absolute atomic E-state index is 11.3. The van der Waals surface area contributed by atoms with Crippen LogP contribution in [0.3, 0.4) is 0 Å². The molecule has 0 radical (unpaired) electrons. The van der Waals surface area contributed by atoms with Crippen molar-refractivity contribution < 1.29 is 4.79 Å². The fraction of sp³-hybridized carbons (Fsp3) is 0.400. The van der Waals surface area contributed by atoms with E-state index in [0.717, 1.165) is 17.5 Å². The molecule has 3 rings (SSSR count). The summed E-state index contributed by atoms with van der Waals surface area (Å²) in [4.78, 5) is 11.3. The van der Waals surface area contributed by atoms with Gasteiger partial charge in [-0.15, -0.1) is 10.2 Å². The number of hydrogen-bond donors (Lipinski definition) is 1. The molecular weight excluding hydrogens is 284 g/mol. The maximum atomic E-state index is 11.3. The average Bonchev–Trinajstić information content (AvgIpc) is 3.25. The van der Waals surface area contributed by atoms with Gasteiger partial charge in [0.25, 0.3) is 0 Å². The zero-order chi connectivity index (χ0) is 14.8. The molecule has 0 spiro atoms. The molecule has 0 unspecified atom stereocenters. The highest BCUT2D eigenvalue weighted by Crippen LogP contribution is 2.40. The van der Waals surface area contributed by atoms with Crippen LogP contribution in [-0.2, 0) is 11.3 Å². The molecule has 2 aromatic rings. The Morgan fingerprint density at radius 1 is 1.38 bits per heavy atom. The Morgan fingerprint density at radius 2 is 2.10 bits per heavy atom. The van der Waals surface area contributed by atoms with E-state index in [1.807, 2.05) is 18.2 Å². The molecule has 110 valence electrons. The van der Waals surface area contributed by atoms with E-state index >= 15 is 0 Å². The lowest BCUT2D eigenvalue weighted by Crippen LogP contribution is -2.23. The highest BCUT2D eigenvalue weighted by molar-refractivity contribution is 8.00. The summed E-state index contributed by atoms with van der Waals surface area (Å²) in [7, 11) is 0. The predicted molar refractivity (Wildman–Crippen MR) is 82.1 cm³/mol. The Balaban J connectivity index is 1.88. The Hall–Kier alpha value is -1.82. The number of primary amides is 1. The number of rotatable bonds is 6. The topological polar surface area (TPSA) is 73.8 Å². The first-order chi connectivity index (χ1) is 10.1. The van der Waals surface area contributed by atoms with E-state index in [1.54, 1.807) is 6.92 Å². The third-order valence-corrected chi connectivity index (χ3v) is 4.65. The van der Waals surface area contributed by atoms with Crippen molar-refractivity contribution in [1.29, 1.82) is 0 Å². The van der Waals surface area contributed by atoms with Gasteiger partial charge >= 0.3 is 0 Å². The summed E-state index contributed by atoms with van der Waals surface area (Å²) >= 11 is 1.38. The van der Waals surface area contributed by atoms with Crippen LogP contribution in [0.15, 0.2) is 35.5 Å². The Morgan fingerprint density at radius 3 is 2.71 bits per heavy atom. The number of benzene rings is 1. The van der Waals surface area contributed by atoms with Crippen LogP contribution < -0.4 is 5.73 Å². The van der Waals surface area contributed by atoms with Gasteiger partial charge < -0.3 is 10.3 Å². The zero-order valence-corrected chi connectivity index (χ0v) is 12.7. The van der Waals surface area contributed by atoms with Crippen molar-refractivity contribution in [2.75, 3.05) is 0 Å². The summed E-state index contributed by atoms with van der Waals surface area (Å²) in [5.74, 6) is 1.21. The smallest absolute Gasteiger partial charge is 0.230 e. The maximum Gasteiger partial charge on any atom is 0.230 e. The van der Waals surface area contributed by atoms with E-state index in [0.29, 0.717) is 5.92 Å². The lowest BCUT2D eigenvalue weighted by Gasteiger charge is -2.11. The Bertz CT molecular complexity index is 636. The molecule has 0 saturated heterocycles. The van der Waals surface area contributed by atoms with Crippen LogP contribution in [0.4, 0.5) is 0 Å². The Kier molecular flexibility index (Phi) is 3.96. The first kappa shape index (κ1) is 14.1. The van der Waals surface area contributed by atoms with Crippen molar-refractivity contribution in [1.82, 2.24) is 14.8 Å². The van der Waals surface area contributed by atoms with Crippen LogP contribution in [0, 0.1) is 0 Å². The number of nitrogens with two attached hydrogens (primary N) is 1. The van der Waals surface area contributed by atoms with Crippen molar-refractivity contribution in [2.24, 2.45) is 5.73 Å². The van der Waals surface area contributed by atoms with Gasteiger partial charge in [-0.3, -0.25) is 4.79 Å². The largest absolute Gasteiger partial charge is 0.369 e. The van der Waals surface area contributed by atoms with Crippen molar-refractivity contribution >= 4 is 17.7 Å². The fourth-order valence-corrected chi connectivity index (χ4v) is 2.97. The first-order valence-corrected chi connectivity index (χ1v) is 7.96. The van der Waals surface area contributed by atoms with E-state index in [2.05, 4.69) is 26.9 Å². The molecule has 21 heavy (non-hydrogen) atoms. The number of amides is 1. The van der Waals surface area contributed by atoms with Crippen molar-refractivity contribution in [3.63, 3.8) is 0 Å². The molecule has 0 bridgehead atoms. The summed E-state index contributed by atoms with van der Waals surface area (Å²) in [5, 5.41) is 9.05. The molecule has 5 nitrogen and oxygen atoms in total. The van der Waals surface area contributed by atoms with Gasteiger partial charge in [0.15, 0.2) is 5.16 Å². The molecule has 1 aliphatic rings. The normalized spacial score (nSPS) is 15.9. The van der Waals surface area contributed by atoms with Crippen LogP contribution >= 0.6 is 11.8 Å². The van der Waals surface area contributed by atoms with Gasteiger partial charge in [-0.25, -0.2) is 0 Å². The minimum atomic E-state index is -0.331. The predicted octanol–water partition coefficient (Wildman–Crippen LogP) is 2.17. The van der Waals surface area contributed by atoms with Crippen LogP contribution in [0.25, 0.3) is 0 Å². The quantitative estimate of drug-likeness (QED) is 0.830. The number of carbonyl (C=O) groups is 1. The highest BCUT2D eigenvalue weighted by atomic mass is 32.2. The summed E-state index contributed by atoms with van der Waals surface area (Å²) in [6.45, 7) is 2.53. The number of hydrogen-bond acceptors (Lipinski definition) is 4. The molecule has 1 atom stereocenters. The molecule has 1 heterocycles. The van der Waals surface area contributed by atoms with Gasteiger partial charge in [-0.2, -0.15) is 0 Å². The zero-order valence-electron chi connectivity index (χ0n) is 11.9. The summed E-state index contributed by atoms with van der Waals surface area (Å²) in [6.07, 6.45) is 2.34. The second-order valence-electron chi connectivity index (χ2n) is 5.35. The van der Waals surface area contributed by atoms with Crippen molar-refractivity contribution in [3.8, 4) is 0 Å². The molecule has 2 N–H and O–H groups in total. The molecule has 1 aliphatic carbocycles. The first-order valence-electron chi connectivity index (χ1n) is 7.08. The molecular formula is C15H18N4OS. The van der Waals surface area contributed by atoms with E-state index in [-0.39, 0.29) is 11.2 Å². The standard InChI is InChI=1S/C15H18N4OS/c1-10(13(16)20)21-15-18-17-14(12-7-8-12)19(15)9-11-5-3-2-4-6-11/h2-6,10,12H,7-9H2,1H3,(H2,16,20)/t10-/m1/s1. The van der Waals surface area contributed by atoms with Gasteiger partial charge in [0.1, 0.15) is 5.82 Å². The van der Waals surface area contributed by atoms with E-state index in [4.69, 9.17) is 5.73 Å². The second kappa shape index (κ2) is 5.89. The third-order valence-electron chi connectivity index (χ3n) is 3.55. The number of aromatic nitrogens is 3. The second-order valence-corrected chi connectivity index (χ2v) is 6.66. The summed E-state index contributed by atoms with van der Waals surface area (Å²) < 4.78 is 2.12. The Labute approximate surface area is 127 Å². The van der Waals surface area contributed by atoms with Gasteiger partial charge in [-0.1, -0.05) is 42.1 Å². The lowest BCUT2D eigenvalue weighted by molar-refractivity contribution is -0.117. The van der Waals surface area contributed by atoms with Gasteiger partial charge in [-0.05, 0) is 25.3 Å². The molecule has 1 amide bonds. The number of nitrogens with zero attached hydrogens (tertiary/aromatic N) is 3. The minimum absolute atomic E-state index is 0.309. The van der Waals surface area contributed by atoms with Gasteiger partial charge in [0.2, 0.25) is 5.91 Å². The van der Waals surface area contributed by atoms with Gasteiger partial charge in [0.05, 0.1) is 11.8 Å². The molecule has 1 aromatic heterocycles. The minimum Gasteiger partial charge on any atom is -0.369 e. The summed E-state index contributed by atoms with van der Waals surface area (Å²) in [6, 6.07) is 10.2. The molecule has 1 aromatic carbocycles. The lowest BCUT2D eigenvalue weighted by atomic mass is 10.2. The third kappa shape index (κ3) is 3.26. The van der Waals surface area contributed by atoms with E-state index < -0.39 is 0 Å². The average molecular weight is 302 g/mol. The van der Waals surface area contributed by atoms with E-state index in [9.17, 15) is 4.79 Å². The number of carbonyl (C=O) groups excluding carboxylic acids is 1. The van der Waals surface area contributed by atoms with Crippen LogP contribution in [0.2, 0.25) is 0 Å². The van der Waals surface area contributed by atoms with Crippen molar-refractivity contribution in [3.05, 3.63) is 41.7 Å². The van der Waals surface area contributed by atoms with Crippen LogP contribution in [0.1, 0.15) is 37.1 Å². The monoisotopic (exact) mass is 302 g/mol. The molecule has 0 aliphatic heterocycles.